The lowest BCUT2D eigenvalue weighted by molar-refractivity contribution is -0.115. The van der Waals surface area contributed by atoms with E-state index in [1.54, 1.807) is 5.38 Å². The van der Waals surface area contributed by atoms with Gasteiger partial charge in [-0.25, -0.2) is 4.98 Å². The number of benzene rings is 1. The van der Waals surface area contributed by atoms with Gasteiger partial charge < -0.3 is 10.6 Å². The van der Waals surface area contributed by atoms with Crippen molar-refractivity contribution >= 4 is 28.3 Å². The maximum atomic E-state index is 12.4. The Balaban J connectivity index is 1.54. The molecule has 1 aliphatic rings. The van der Waals surface area contributed by atoms with Gasteiger partial charge in [0, 0.05) is 11.4 Å². The van der Waals surface area contributed by atoms with Gasteiger partial charge in [0.1, 0.15) is 5.69 Å². The molecule has 0 saturated heterocycles. The molecule has 1 aromatic heterocycles. The van der Waals surface area contributed by atoms with Crippen LogP contribution in [0.4, 0.5) is 5.13 Å². The molecule has 2 unspecified atom stereocenters. The molecule has 3 rings (SSSR count). The third-order valence-corrected chi connectivity index (χ3v) is 5.38. The summed E-state index contributed by atoms with van der Waals surface area (Å²) in [5, 5.41) is 8.01. The number of nitrogens with one attached hydrogen (secondary N) is 2. The largest absolute Gasteiger partial charge is 0.348 e. The van der Waals surface area contributed by atoms with Crippen molar-refractivity contribution in [1.82, 2.24) is 10.3 Å². The van der Waals surface area contributed by atoms with Gasteiger partial charge >= 0.3 is 0 Å². The van der Waals surface area contributed by atoms with Gasteiger partial charge in [0.25, 0.3) is 5.91 Å². The molecular formula is C19H23N3O2S. The summed E-state index contributed by atoms with van der Waals surface area (Å²) in [5.74, 6) is 0.216. The molecule has 0 bridgehead atoms. The lowest BCUT2D eigenvalue weighted by Gasteiger charge is -2.29. The van der Waals surface area contributed by atoms with Crippen molar-refractivity contribution < 1.29 is 9.59 Å². The number of thiazole rings is 1. The van der Waals surface area contributed by atoms with Gasteiger partial charge in [-0.3, -0.25) is 9.59 Å². The van der Waals surface area contributed by atoms with Crippen molar-refractivity contribution in [3.8, 4) is 0 Å². The van der Waals surface area contributed by atoms with Crippen LogP contribution in [-0.2, 0) is 11.2 Å². The Kier molecular flexibility index (Phi) is 5.81. The number of amides is 2. The summed E-state index contributed by atoms with van der Waals surface area (Å²) in [7, 11) is 0. The Morgan fingerprint density at radius 2 is 1.96 bits per heavy atom. The van der Waals surface area contributed by atoms with Crippen molar-refractivity contribution in [3.63, 3.8) is 0 Å². The van der Waals surface area contributed by atoms with Crippen molar-refractivity contribution in [1.29, 1.82) is 0 Å². The quantitative estimate of drug-likeness (QED) is 0.858. The van der Waals surface area contributed by atoms with Gasteiger partial charge in [-0.05, 0) is 24.3 Å². The molecule has 1 heterocycles. The highest BCUT2D eigenvalue weighted by molar-refractivity contribution is 7.14. The Labute approximate surface area is 151 Å². The van der Waals surface area contributed by atoms with E-state index >= 15 is 0 Å². The molecule has 1 aromatic carbocycles. The van der Waals surface area contributed by atoms with E-state index in [9.17, 15) is 9.59 Å². The Morgan fingerprint density at radius 3 is 2.72 bits per heavy atom. The van der Waals surface area contributed by atoms with Crippen molar-refractivity contribution in [2.45, 2.75) is 45.1 Å². The second-order valence-electron chi connectivity index (χ2n) is 6.59. The SMILES string of the molecule is CC1CCCCC1NC(=O)c1csc(NC(=O)Cc2ccccc2)n1. The molecular weight excluding hydrogens is 334 g/mol. The smallest absolute Gasteiger partial charge is 0.271 e. The minimum atomic E-state index is -0.154. The first kappa shape index (κ1) is 17.6. The van der Waals surface area contributed by atoms with Crippen LogP contribution in [0.15, 0.2) is 35.7 Å². The van der Waals surface area contributed by atoms with E-state index in [0.717, 1.165) is 24.8 Å². The summed E-state index contributed by atoms with van der Waals surface area (Å²) in [4.78, 5) is 28.7. The van der Waals surface area contributed by atoms with Gasteiger partial charge in [-0.2, -0.15) is 0 Å². The monoisotopic (exact) mass is 357 g/mol. The van der Waals surface area contributed by atoms with Crippen LogP contribution in [0.5, 0.6) is 0 Å². The van der Waals surface area contributed by atoms with Crippen LogP contribution >= 0.6 is 11.3 Å². The maximum absolute atomic E-state index is 12.4. The van der Waals surface area contributed by atoms with E-state index in [2.05, 4.69) is 22.5 Å². The summed E-state index contributed by atoms with van der Waals surface area (Å²) >= 11 is 1.28. The van der Waals surface area contributed by atoms with Crippen LogP contribution in [0.3, 0.4) is 0 Å². The molecule has 1 saturated carbocycles. The minimum Gasteiger partial charge on any atom is -0.348 e. The van der Waals surface area contributed by atoms with Crippen LogP contribution < -0.4 is 10.6 Å². The van der Waals surface area contributed by atoms with Gasteiger partial charge in [-0.15, -0.1) is 11.3 Å². The highest BCUT2D eigenvalue weighted by Crippen LogP contribution is 2.24. The predicted molar refractivity (Wildman–Crippen MR) is 99.8 cm³/mol. The standard InChI is InChI=1S/C19H23N3O2S/c1-13-7-5-6-10-15(13)20-18(24)16-12-25-19(21-16)22-17(23)11-14-8-3-2-4-9-14/h2-4,8-9,12-13,15H,5-7,10-11H2,1H3,(H,20,24)(H,21,22,23). The normalized spacial score (nSPS) is 20.0. The fourth-order valence-electron chi connectivity index (χ4n) is 3.15. The fourth-order valence-corrected chi connectivity index (χ4v) is 3.86. The molecule has 2 amide bonds. The van der Waals surface area contributed by atoms with Crippen molar-refractivity contribution in [2.75, 3.05) is 5.32 Å². The lowest BCUT2D eigenvalue weighted by atomic mass is 9.86. The van der Waals surface area contributed by atoms with E-state index in [0.29, 0.717) is 23.2 Å². The predicted octanol–water partition coefficient (Wildman–Crippen LogP) is 3.63. The highest BCUT2D eigenvalue weighted by atomic mass is 32.1. The molecule has 1 aliphatic carbocycles. The summed E-state index contributed by atoms with van der Waals surface area (Å²) in [6, 6.07) is 9.76. The maximum Gasteiger partial charge on any atom is 0.271 e. The van der Waals surface area contributed by atoms with Crippen LogP contribution in [0.2, 0.25) is 0 Å². The number of nitrogens with zero attached hydrogens (tertiary/aromatic N) is 1. The molecule has 0 aliphatic heterocycles. The van der Waals surface area contributed by atoms with Gasteiger partial charge in [0.05, 0.1) is 6.42 Å². The zero-order chi connectivity index (χ0) is 17.6. The van der Waals surface area contributed by atoms with Crippen LogP contribution in [-0.4, -0.2) is 22.8 Å². The number of carbonyl (C=O) groups is 2. The second-order valence-corrected chi connectivity index (χ2v) is 7.45. The van der Waals surface area contributed by atoms with E-state index in [-0.39, 0.29) is 17.9 Å². The minimum absolute atomic E-state index is 0.131. The number of hydrogen-bond donors (Lipinski definition) is 2. The zero-order valence-electron chi connectivity index (χ0n) is 14.3. The first-order valence-corrected chi connectivity index (χ1v) is 9.60. The van der Waals surface area contributed by atoms with Crippen LogP contribution in [0.25, 0.3) is 0 Å². The van der Waals surface area contributed by atoms with Gasteiger partial charge in [0.15, 0.2) is 5.13 Å². The molecule has 0 spiro atoms. The molecule has 2 aromatic rings. The van der Waals surface area contributed by atoms with E-state index in [1.165, 1.54) is 17.8 Å². The molecule has 1 fully saturated rings. The number of rotatable bonds is 5. The summed E-state index contributed by atoms with van der Waals surface area (Å²) in [5.41, 5.74) is 1.32. The average molecular weight is 357 g/mol. The Morgan fingerprint density at radius 1 is 1.20 bits per heavy atom. The van der Waals surface area contributed by atoms with E-state index in [4.69, 9.17) is 0 Å². The number of hydrogen-bond acceptors (Lipinski definition) is 4. The lowest BCUT2D eigenvalue weighted by Crippen LogP contribution is -2.41. The highest BCUT2D eigenvalue weighted by Gasteiger charge is 2.24. The molecule has 5 nitrogen and oxygen atoms in total. The number of anilines is 1. The van der Waals surface area contributed by atoms with Crippen LogP contribution in [0, 0.1) is 5.92 Å². The molecule has 0 radical (unpaired) electrons. The summed E-state index contributed by atoms with van der Waals surface area (Å²) < 4.78 is 0. The molecule has 25 heavy (non-hydrogen) atoms. The second kappa shape index (κ2) is 8.25. The number of aromatic nitrogens is 1. The number of carbonyl (C=O) groups excluding carboxylic acids is 2. The fraction of sp³-hybridized carbons (Fsp3) is 0.421. The third kappa shape index (κ3) is 4.89. The first-order valence-electron chi connectivity index (χ1n) is 8.72. The molecule has 132 valence electrons. The Hall–Kier alpha value is -2.21. The molecule has 6 heteroatoms. The Bertz CT molecular complexity index is 729. The van der Waals surface area contributed by atoms with Crippen molar-refractivity contribution in [2.24, 2.45) is 5.92 Å². The van der Waals surface area contributed by atoms with E-state index < -0.39 is 0 Å². The summed E-state index contributed by atoms with van der Waals surface area (Å²) in [6.45, 7) is 2.18. The first-order chi connectivity index (χ1) is 12.1. The van der Waals surface area contributed by atoms with Gasteiger partial charge in [-0.1, -0.05) is 50.1 Å². The van der Waals surface area contributed by atoms with Crippen LogP contribution in [0.1, 0.15) is 48.7 Å². The summed E-state index contributed by atoms with van der Waals surface area (Å²) in [6.07, 6.45) is 4.87. The van der Waals surface area contributed by atoms with E-state index in [1.807, 2.05) is 30.3 Å². The third-order valence-electron chi connectivity index (χ3n) is 4.62. The van der Waals surface area contributed by atoms with Gasteiger partial charge in [0.2, 0.25) is 5.91 Å². The average Bonchev–Trinajstić information content (AvgIpc) is 3.06. The topological polar surface area (TPSA) is 71.1 Å². The van der Waals surface area contributed by atoms with Crippen molar-refractivity contribution in [3.05, 3.63) is 47.0 Å². The molecule has 2 atom stereocenters. The zero-order valence-corrected chi connectivity index (χ0v) is 15.1. The molecule has 2 N–H and O–H groups in total.